The first-order valence-corrected chi connectivity index (χ1v) is 3.27. The zero-order valence-corrected chi connectivity index (χ0v) is 6.44. The molecule has 1 rings (SSSR count). The maximum atomic E-state index is 10.7. The molecule has 1 N–H and O–H groups in total. The minimum atomic E-state index is -0.613. The number of Topliss-reactive ketones (excluding diaryl/α,β-unsaturated/α-hetero) is 1. The van der Waals surface area contributed by atoms with E-state index in [1.807, 2.05) is 0 Å². The molecule has 0 atom stereocenters. The highest BCUT2D eigenvalue weighted by Gasteiger charge is 2.03. The highest BCUT2D eigenvalue weighted by atomic mass is 16.2. The number of carbonyl (C=O) groups is 2. The molecule has 0 fully saturated rings. The van der Waals surface area contributed by atoms with E-state index in [1.165, 1.54) is 12.4 Å². The van der Waals surface area contributed by atoms with Gasteiger partial charge in [0.2, 0.25) is 11.7 Å². The first-order chi connectivity index (χ1) is 5.77. The summed E-state index contributed by atoms with van der Waals surface area (Å²) < 4.78 is 0. The van der Waals surface area contributed by atoms with Crippen molar-refractivity contribution in [2.45, 2.75) is 0 Å². The summed E-state index contributed by atoms with van der Waals surface area (Å²) in [5.74, 6) is -0.199. The highest BCUT2D eigenvalue weighted by molar-refractivity contribution is 6.33. The van der Waals surface area contributed by atoms with Crippen molar-refractivity contribution in [2.24, 2.45) is 0 Å². The Morgan fingerprint density at radius 3 is 2.50 bits per heavy atom. The van der Waals surface area contributed by atoms with Gasteiger partial charge in [0, 0.05) is 19.4 Å². The molecule has 0 unspecified atom stereocenters. The third-order valence-electron chi connectivity index (χ3n) is 1.27. The Hall–Kier alpha value is -1.78. The van der Waals surface area contributed by atoms with Gasteiger partial charge in [-0.2, -0.15) is 0 Å². The van der Waals surface area contributed by atoms with Crippen LogP contribution in [0.4, 0.5) is 5.95 Å². The number of hydrogen-bond donors (Lipinski definition) is 1. The fraction of sp³-hybridized carbons (Fsp3) is 0.143. The summed E-state index contributed by atoms with van der Waals surface area (Å²) in [7, 11) is 1.66. The van der Waals surface area contributed by atoms with Crippen molar-refractivity contribution < 1.29 is 9.59 Å². The van der Waals surface area contributed by atoms with Crippen LogP contribution in [0.1, 0.15) is 10.4 Å². The lowest BCUT2D eigenvalue weighted by Crippen LogP contribution is -2.03. The van der Waals surface area contributed by atoms with Crippen molar-refractivity contribution in [1.29, 1.82) is 0 Å². The zero-order chi connectivity index (χ0) is 8.97. The van der Waals surface area contributed by atoms with Crippen LogP contribution in [0.2, 0.25) is 0 Å². The Morgan fingerprint density at radius 2 is 2.08 bits per heavy atom. The van der Waals surface area contributed by atoms with Crippen LogP contribution in [0.25, 0.3) is 0 Å². The molecule has 0 aliphatic rings. The Bertz CT molecular complexity index is 294. The Morgan fingerprint density at radius 1 is 1.50 bits per heavy atom. The minimum Gasteiger partial charge on any atom is -0.357 e. The number of nitrogens with zero attached hydrogens (tertiary/aromatic N) is 2. The van der Waals surface area contributed by atoms with Gasteiger partial charge in [0.05, 0.1) is 5.56 Å². The topological polar surface area (TPSA) is 72.0 Å². The van der Waals surface area contributed by atoms with Crippen LogP contribution in [0.15, 0.2) is 12.4 Å². The van der Waals surface area contributed by atoms with E-state index >= 15 is 0 Å². The third-order valence-corrected chi connectivity index (χ3v) is 1.27. The molecular weight excluding hydrogens is 158 g/mol. The predicted octanol–water partition coefficient (Wildman–Crippen LogP) is -0.100. The number of aromatic nitrogens is 2. The summed E-state index contributed by atoms with van der Waals surface area (Å²) in [6, 6.07) is 0. The van der Waals surface area contributed by atoms with Crippen LogP contribution >= 0.6 is 0 Å². The van der Waals surface area contributed by atoms with Crippen molar-refractivity contribution in [2.75, 3.05) is 12.4 Å². The summed E-state index contributed by atoms with van der Waals surface area (Å²) in [6.45, 7) is 0. The van der Waals surface area contributed by atoms with Crippen molar-refractivity contribution in [3.8, 4) is 0 Å². The zero-order valence-electron chi connectivity index (χ0n) is 6.44. The Labute approximate surface area is 68.8 Å². The van der Waals surface area contributed by atoms with Crippen molar-refractivity contribution >= 4 is 18.0 Å². The molecule has 5 heteroatoms. The second kappa shape index (κ2) is 3.56. The van der Waals surface area contributed by atoms with Crippen molar-refractivity contribution in [1.82, 2.24) is 9.97 Å². The first kappa shape index (κ1) is 8.32. The van der Waals surface area contributed by atoms with E-state index < -0.39 is 5.78 Å². The number of anilines is 1. The van der Waals surface area contributed by atoms with Crippen LogP contribution < -0.4 is 5.32 Å². The summed E-state index contributed by atoms with van der Waals surface area (Å²) in [5, 5.41) is 2.69. The van der Waals surface area contributed by atoms with Crippen LogP contribution in [0.3, 0.4) is 0 Å². The third kappa shape index (κ3) is 1.63. The standard InChI is InChI=1S/C7H7N3O2/c1-8-7-9-2-5(3-10-7)6(12)4-11/h2-4H,1H3,(H,8,9,10). The molecule has 1 heterocycles. The minimum absolute atomic E-state index is 0.198. The van der Waals surface area contributed by atoms with Gasteiger partial charge < -0.3 is 5.32 Å². The van der Waals surface area contributed by atoms with Crippen LogP contribution in [-0.4, -0.2) is 29.1 Å². The van der Waals surface area contributed by atoms with Gasteiger partial charge in [-0.1, -0.05) is 0 Å². The lowest BCUT2D eigenvalue weighted by Gasteiger charge is -1.96. The molecule has 0 bridgehead atoms. The second-order valence-electron chi connectivity index (χ2n) is 2.03. The number of rotatable bonds is 3. The van der Waals surface area contributed by atoms with Gasteiger partial charge in [-0.05, 0) is 0 Å². The van der Waals surface area contributed by atoms with E-state index in [9.17, 15) is 9.59 Å². The monoisotopic (exact) mass is 165 g/mol. The van der Waals surface area contributed by atoms with Crippen LogP contribution in [-0.2, 0) is 4.79 Å². The smallest absolute Gasteiger partial charge is 0.228 e. The fourth-order valence-corrected chi connectivity index (χ4v) is 0.652. The number of hydrogen-bond acceptors (Lipinski definition) is 5. The second-order valence-corrected chi connectivity index (χ2v) is 2.03. The molecule has 1 aromatic rings. The molecule has 0 aliphatic carbocycles. The van der Waals surface area contributed by atoms with Gasteiger partial charge in [-0.15, -0.1) is 0 Å². The lowest BCUT2D eigenvalue weighted by molar-refractivity contribution is -0.104. The van der Waals surface area contributed by atoms with Crippen LogP contribution in [0.5, 0.6) is 0 Å². The molecule has 1 aromatic heterocycles. The largest absolute Gasteiger partial charge is 0.357 e. The molecule has 0 aromatic carbocycles. The van der Waals surface area contributed by atoms with Crippen molar-refractivity contribution in [3.05, 3.63) is 18.0 Å². The predicted molar refractivity (Wildman–Crippen MR) is 42.0 cm³/mol. The van der Waals surface area contributed by atoms with Gasteiger partial charge in [0.25, 0.3) is 0 Å². The van der Waals surface area contributed by atoms with E-state index in [2.05, 4.69) is 15.3 Å². The number of nitrogens with one attached hydrogen (secondary N) is 1. The fourth-order valence-electron chi connectivity index (χ4n) is 0.652. The van der Waals surface area contributed by atoms with E-state index in [0.717, 1.165) is 0 Å². The molecule has 0 aliphatic heterocycles. The average molecular weight is 165 g/mol. The maximum absolute atomic E-state index is 10.7. The van der Waals surface area contributed by atoms with Gasteiger partial charge in [-0.3, -0.25) is 9.59 Å². The molecule has 0 radical (unpaired) electrons. The molecule has 62 valence electrons. The number of carbonyl (C=O) groups excluding carboxylic acids is 2. The van der Waals surface area contributed by atoms with Gasteiger partial charge in [-0.25, -0.2) is 9.97 Å². The van der Waals surface area contributed by atoms with E-state index in [1.54, 1.807) is 7.05 Å². The first-order valence-electron chi connectivity index (χ1n) is 3.27. The lowest BCUT2D eigenvalue weighted by atomic mass is 10.2. The maximum Gasteiger partial charge on any atom is 0.228 e. The highest BCUT2D eigenvalue weighted by Crippen LogP contribution is 1.98. The molecule has 0 spiro atoms. The average Bonchev–Trinajstić information content (AvgIpc) is 2.17. The normalized spacial score (nSPS) is 9.08. The molecule has 0 amide bonds. The molecule has 0 saturated heterocycles. The summed E-state index contributed by atoms with van der Waals surface area (Å²) in [5.41, 5.74) is 0.198. The molecule has 5 nitrogen and oxygen atoms in total. The molecular formula is C7H7N3O2. The molecule has 0 saturated carbocycles. The van der Waals surface area contributed by atoms with Crippen molar-refractivity contribution in [3.63, 3.8) is 0 Å². The van der Waals surface area contributed by atoms with E-state index in [4.69, 9.17) is 0 Å². The van der Waals surface area contributed by atoms with E-state index in [-0.39, 0.29) is 11.8 Å². The quantitative estimate of drug-likeness (QED) is 0.384. The Balaban J connectivity index is 2.91. The number of aldehydes is 1. The Kier molecular flexibility index (Phi) is 2.47. The summed E-state index contributed by atoms with van der Waals surface area (Å²) in [6.07, 6.45) is 2.84. The van der Waals surface area contributed by atoms with Gasteiger partial charge in [0.15, 0.2) is 6.29 Å². The SMILES string of the molecule is CNc1ncc(C(=O)C=O)cn1. The molecule has 12 heavy (non-hydrogen) atoms. The van der Waals surface area contributed by atoms with Gasteiger partial charge >= 0.3 is 0 Å². The summed E-state index contributed by atoms with van der Waals surface area (Å²) in [4.78, 5) is 28.3. The van der Waals surface area contributed by atoms with E-state index in [0.29, 0.717) is 5.95 Å². The van der Waals surface area contributed by atoms with Crippen LogP contribution in [0, 0.1) is 0 Å². The number of ketones is 1. The summed E-state index contributed by atoms with van der Waals surface area (Å²) >= 11 is 0. The van der Waals surface area contributed by atoms with Gasteiger partial charge in [0.1, 0.15) is 0 Å².